The van der Waals surface area contributed by atoms with Gasteiger partial charge in [-0.15, -0.1) is 0 Å². The van der Waals surface area contributed by atoms with Crippen molar-refractivity contribution in [2.75, 3.05) is 6.54 Å². The number of likely N-dealkylation sites (tertiary alicyclic amines) is 1. The number of hydrogen-bond donors (Lipinski definition) is 0. The Morgan fingerprint density at radius 3 is 2.15 bits per heavy atom. The number of nitrogens with zero attached hydrogens (tertiary/aromatic N) is 1. The standard InChI is InChI=1S/C24H28F7NO/c1-2-14-3-5-15(6-4-14)21(33)32-12-11-19-18-9-8-17(13-16(18)7-10-20(19)32)22(25,23(26,27)28)24(29,30)31/h8-9,13-15,19-20H,2-7,10-12H2,1H3. The molecule has 2 atom stereocenters. The second kappa shape index (κ2) is 8.45. The molecular weight excluding hydrogens is 451 g/mol. The first kappa shape index (κ1) is 24.3. The van der Waals surface area contributed by atoms with E-state index in [1.54, 1.807) is 0 Å². The van der Waals surface area contributed by atoms with Gasteiger partial charge in [-0.3, -0.25) is 4.79 Å². The molecule has 9 heteroatoms. The summed E-state index contributed by atoms with van der Waals surface area (Å²) in [5, 5.41) is 0. The number of alkyl halides is 7. The summed E-state index contributed by atoms with van der Waals surface area (Å²) in [6.45, 7) is 2.68. The van der Waals surface area contributed by atoms with Gasteiger partial charge in [0.15, 0.2) is 0 Å². The van der Waals surface area contributed by atoms with Gasteiger partial charge in [-0.25, -0.2) is 4.39 Å². The number of rotatable bonds is 3. The summed E-state index contributed by atoms with van der Waals surface area (Å²) in [5.41, 5.74) is -5.91. The van der Waals surface area contributed by atoms with Gasteiger partial charge < -0.3 is 4.90 Å². The number of fused-ring (bicyclic) bond motifs is 3. The Morgan fingerprint density at radius 2 is 1.58 bits per heavy atom. The molecule has 1 aromatic rings. The largest absolute Gasteiger partial charge is 0.435 e. The highest BCUT2D eigenvalue weighted by atomic mass is 19.4. The topological polar surface area (TPSA) is 20.3 Å². The van der Waals surface area contributed by atoms with Gasteiger partial charge >= 0.3 is 18.0 Å². The fraction of sp³-hybridized carbons (Fsp3) is 0.708. The van der Waals surface area contributed by atoms with Crippen molar-refractivity contribution in [3.8, 4) is 0 Å². The van der Waals surface area contributed by atoms with Gasteiger partial charge in [0.1, 0.15) is 0 Å². The molecule has 1 heterocycles. The number of carbonyl (C=O) groups excluding carboxylic acids is 1. The van der Waals surface area contributed by atoms with Gasteiger partial charge in [0.25, 0.3) is 0 Å². The smallest absolute Gasteiger partial charge is 0.339 e. The third kappa shape index (κ3) is 4.03. The zero-order valence-corrected chi connectivity index (χ0v) is 18.4. The lowest BCUT2D eigenvalue weighted by Gasteiger charge is -2.37. The molecule has 2 aliphatic carbocycles. The van der Waals surface area contributed by atoms with E-state index in [1.807, 2.05) is 4.90 Å². The number of hydrogen-bond acceptors (Lipinski definition) is 1. The normalized spacial score (nSPS) is 28.4. The molecule has 3 aliphatic rings. The van der Waals surface area contributed by atoms with E-state index in [0.29, 0.717) is 42.5 Å². The maximum absolute atomic E-state index is 14.5. The van der Waals surface area contributed by atoms with Crippen molar-refractivity contribution in [3.05, 3.63) is 34.9 Å². The lowest BCUT2D eigenvalue weighted by atomic mass is 9.77. The first-order valence-electron chi connectivity index (χ1n) is 11.6. The van der Waals surface area contributed by atoms with E-state index >= 15 is 0 Å². The third-order valence-electron chi connectivity index (χ3n) is 8.03. The van der Waals surface area contributed by atoms with Gasteiger partial charge in [0.05, 0.1) is 0 Å². The summed E-state index contributed by atoms with van der Waals surface area (Å²) < 4.78 is 93.4. The molecule has 184 valence electrons. The minimum Gasteiger partial charge on any atom is -0.339 e. The predicted molar refractivity (Wildman–Crippen MR) is 108 cm³/mol. The monoisotopic (exact) mass is 479 g/mol. The van der Waals surface area contributed by atoms with Crippen molar-refractivity contribution >= 4 is 5.91 Å². The SMILES string of the molecule is CCC1CCC(C(=O)N2CCC3c4ccc(C(F)(C(F)(F)F)C(F)(F)F)cc4CCC32)CC1. The Morgan fingerprint density at radius 1 is 0.939 bits per heavy atom. The molecule has 0 spiro atoms. The predicted octanol–water partition coefficient (Wildman–Crippen LogP) is 6.82. The highest BCUT2D eigenvalue weighted by molar-refractivity contribution is 5.80. The van der Waals surface area contributed by atoms with Crippen LogP contribution in [0.4, 0.5) is 30.7 Å². The summed E-state index contributed by atoms with van der Waals surface area (Å²) in [4.78, 5) is 15.1. The molecule has 33 heavy (non-hydrogen) atoms. The van der Waals surface area contributed by atoms with E-state index in [4.69, 9.17) is 0 Å². The van der Waals surface area contributed by atoms with Crippen LogP contribution in [0.2, 0.25) is 0 Å². The average Bonchev–Trinajstić information content (AvgIpc) is 3.20. The van der Waals surface area contributed by atoms with Crippen LogP contribution in [0.25, 0.3) is 0 Å². The van der Waals surface area contributed by atoms with E-state index in [9.17, 15) is 35.5 Å². The van der Waals surface area contributed by atoms with Crippen LogP contribution < -0.4 is 0 Å². The molecule has 2 fully saturated rings. The molecule has 1 saturated carbocycles. The molecule has 1 amide bonds. The van der Waals surface area contributed by atoms with Crippen LogP contribution in [0, 0.1) is 11.8 Å². The van der Waals surface area contributed by atoms with Crippen molar-refractivity contribution in [2.45, 2.75) is 88.3 Å². The molecule has 2 unspecified atom stereocenters. The lowest BCUT2D eigenvalue weighted by molar-refractivity contribution is -0.348. The summed E-state index contributed by atoms with van der Waals surface area (Å²) in [7, 11) is 0. The first-order valence-corrected chi connectivity index (χ1v) is 11.6. The van der Waals surface area contributed by atoms with E-state index in [0.717, 1.165) is 38.2 Å². The molecular formula is C24H28F7NO. The summed E-state index contributed by atoms with van der Waals surface area (Å²) in [6.07, 6.45) is -6.08. The van der Waals surface area contributed by atoms with E-state index in [-0.39, 0.29) is 30.2 Å². The minimum atomic E-state index is -6.12. The van der Waals surface area contributed by atoms with Crippen LogP contribution >= 0.6 is 0 Å². The minimum absolute atomic E-state index is 0.0129. The summed E-state index contributed by atoms with van der Waals surface area (Å²) >= 11 is 0. The zero-order valence-electron chi connectivity index (χ0n) is 18.4. The quantitative estimate of drug-likeness (QED) is 0.436. The van der Waals surface area contributed by atoms with Crippen LogP contribution in [-0.2, 0) is 16.9 Å². The Bertz CT molecular complexity index is 872. The van der Waals surface area contributed by atoms with Gasteiger partial charge in [0.2, 0.25) is 5.91 Å². The Hall–Kier alpha value is -1.80. The number of aryl methyl sites for hydroxylation is 1. The maximum Gasteiger partial charge on any atom is 0.435 e. The van der Waals surface area contributed by atoms with Gasteiger partial charge in [0, 0.05) is 30.0 Å². The van der Waals surface area contributed by atoms with Crippen molar-refractivity contribution in [2.24, 2.45) is 11.8 Å². The van der Waals surface area contributed by atoms with Gasteiger partial charge in [-0.2, -0.15) is 26.3 Å². The average molecular weight is 479 g/mol. The van der Waals surface area contributed by atoms with Crippen LogP contribution in [0.1, 0.15) is 74.5 Å². The third-order valence-corrected chi connectivity index (χ3v) is 8.03. The number of benzene rings is 1. The Labute approximate surface area is 188 Å². The molecule has 4 rings (SSSR count). The second-order valence-electron chi connectivity index (χ2n) is 9.73. The Balaban J connectivity index is 1.55. The maximum atomic E-state index is 14.5. The zero-order chi connectivity index (χ0) is 24.2. The Kier molecular flexibility index (Phi) is 6.23. The number of halogens is 7. The van der Waals surface area contributed by atoms with Crippen LogP contribution in [0.3, 0.4) is 0 Å². The van der Waals surface area contributed by atoms with Crippen molar-refractivity contribution < 1.29 is 35.5 Å². The molecule has 1 aliphatic heterocycles. The molecule has 0 radical (unpaired) electrons. The van der Waals surface area contributed by atoms with E-state index < -0.39 is 23.6 Å². The van der Waals surface area contributed by atoms with Crippen LogP contribution in [0.5, 0.6) is 0 Å². The summed E-state index contributed by atoms with van der Waals surface area (Å²) in [5.74, 6) is 0.617. The van der Waals surface area contributed by atoms with Crippen molar-refractivity contribution in [1.29, 1.82) is 0 Å². The fourth-order valence-electron chi connectivity index (χ4n) is 6.09. The van der Waals surface area contributed by atoms with Crippen LogP contribution in [-0.4, -0.2) is 35.7 Å². The van der Waals surface area contributed by atoms with Gasteiger partial charge in [-0.05, 0) is 62.0 Å². The molecule has 0 N–H and O–H groups in total. The molecule has 2 nitrogen and oxygen atoms in total. The molecule has 0 aromatic heterocycles. The highest BCUT2D eigenvalue weighted by Gasteiger charge is 2.73. The summed E-state index contributed by atoms with van der Waals surface area (Å²) in [6, 6.07) is 2.43. The van der Waals surface area contributed by atoms with E-state index in [2.05, 4.69) is 6.92 Å². The fourth-order valence-corrected chi connectivity index (χ4v) is 6.09. The second-order valence-corrected chi connectivity index (χ2v) is 9.73. The van der Waals surface area contributed by atoms with Crippen molar-refractivity contribution in [3.63, 3.8) is 0 Å². The lowest BCUT2D eigenvalue weighted by Crippen LogP contribution is -2.50. The highest BCUT2D eigenvalue weighted by Crippen LogP contribution is 2.54. The number of amides is 1. The first-order chi connectivity index (χ1) is 15.4. The molecule has 0 bridgehead atoms. The van der Waals surface area contributed by atoms with E-state index in [1.165, 1.54) is 6.07 Å². The van der Waals surface area contributed by atoms with Gasteiger partial charge in [-0.1, -0.05) is 31.5 Å². The van der Waals surface area contributed by atoms with Crippen molar-refractivity contribution in [1.82, 2.24) is 4.90 Å². The van der Waals surface area contributed by atoms with Crippen LogP contribution in [0.15, 0.2) is 18.2 Å². The molecule has 1 saturated heterocycles. The molecule has 1 aromatic carbocycles. The number of carbonyl (C=O) groups is 1.